The summed E-state index contributed by atoms with van der Waals surface area (Å²) in [5.74, 6) is -0.256. The zero-order valence-electron chi connectivity index (χ0n) is 15.9. The van der Waals surface area contributed by atoms with Crippen LogP contribution in [0.5, 0.6) is 0 Å². The quantitative estimate of drug-likeness (QED) is 0.636. The second-order valence-corrected chi connectivity index (χ2v) is 8.99. The number of anilines is 1. The maximum Gasteiger partial charge on any atom is 0.310 e. The van der Waals surface area contributed by atoms with Crippen LogP contribution in [-0.4, -0.2) is 31.3 Å². The van der Waals surface area contributed by atoms with Crippen LogP contribution < -0.4 is 4.72 Å². The molecule has 1 aliphatic heterocycles. The molecule has 0 bridgehead atoms. The Balaban J connectivity index is 1.78. The van der Waals surface area contributed by atoms with E-state index in [1.54, 1.807) is 42.5 Å². The van der Waals surface area contributed by atoms with Gasteiger partial charge in [-0.05, 0) is 29.8 Å². The monoisotopic (exact) mass is 443 g/mol. The summed E-state index contributed by atoms with van der Waals surface area (Å²) in [7, 11) is -3.49. The van der Waals surface area contributed by atoms with Gasteiger partial charge in [-0.2, -0.15) is 5.10 Å². The summed E-state index contributed by atoms with van der Waals surface area (Å²) in [6.45, 7) is 0. The Bertz CT molecular complexity index is 1220. The van der Waals surface area contributed by atoms with Crippen molar-refractivity contribution < 1.29 is 17.6 Å². The summed E-state index contributed by atoms with van der Waals surface area (Å²) in [6, 6.07) is 16.9. The fourth-order valence-electron chi connectivity index (χ4n) is 3.38. The normalized spacial score (nSPS) is 16.4. The van der Waals surface area contributed by atoms with Crippen LogP contribution in [0.1, 0.15) is 34.1 Å². The number of carbonyl (C=O) groups excluding carboxylic acids is 1. The van der Waals surface area contributed by atoms with E-state index in [0.29, 0.717) is 28.4 Å². The minimum absolute atomic E-state index is 0.152. The van der Waals surface area contributed by atoms with E-state index in [2.05, 4.69) is 9.82 Å². The Hall–Kier alpha value is -3.10. The fourth-order valence-corrected chi connectivity index (χ4v) is 4.22. The van der Waals surface area contributed by atoms with Gasteiger partial charge in [0.15, 0.2) is 5.76 Å². The van der Waals surface area contributed by atoms with Crippen molar-refractivity contribution in [2.75, 3.05) is 11.0 Å². The standard InChI is InChI=1S/C21H18ClN3O4S/c1-30(27,28)24-17-10-5-3-8-15(17)18-13-19(14-7-2-4-9-16(14)22)25(23-18)21(26)20-11-6-12-29-20/h2-12,19,24H,13H2,1H3/t19-/m1/s1. The minimum atomic E-state index is -3.49. The number of benzene rings is 2. The number of furan rings is 1. The Morgan fingerprint density at radius 2 is 1.87 bits per heavy atom. The number of hydrogen-bond acceptors (Lipinski definition) is 5. The second-order valence-electron chi connectivity index (χ2n) is 6.83. The number of carbonyl (C=O) groups is 1. The molecule has 1 N–H and O–H groups in total. The molecule has 1 aliphatic rings. The molecule has 2 heterocycles. The van der Waals surface area contributed by atoms with Crippen LogP contribution in [0.2, 0.25) is 5.02 Å². The summed E-state index contributed by atoms with van der Waals surface area (Å²) in [5, 5.41) is 6.40. The highest BCUT2D eigenvalue weighted by atomic mass is 35.5. The van der Waals surface area contributed by atoms with Crippen LogP contribution in [0.15, 0.2) is 76.4 Å². The highest BCUT2D eigenvalue weighted by Crippen LogP contribution is 2.38. The van der Waals surface area contributed by atoms with Gasteiger partial charge in [-0.25, -0.2) is 13.4 Å². The van der Waals surface area contributed by atoms with Crippen LogP contribution in [-0.2, 0) is 10.0 Å². The molecule has 1 aromatic heterocycles. The molecule has 0 saturated carbocycles. The summed E-state index contributed by atoms with van der Waals surface area (Å²) in [4.78, 5) is 13.1. The molecule has 1 amide bonds. The van der Waals surface area contributed by atoms with Crippen LogP contribution in [0.3, 0.4) is 0 Å². The maximum atomic E-state index is 13.1. The molecule has 3 aromatic rings. The number of hydrogen-bond donors (Lipinski definition) is 1. The lowest BCUT2D eigenvalue weighted by Gasteiger charge is -2.22. The van der Waals surface area contributed by atoms with Crippen molar-refractivity contribution in [1.29, 1.82) is 0 Å². The predicted molar refractivity (Wildman–Crippen MR) is 115 cm³/mol. The third-order valence-corrected chi connectivity index (χ3v) is 5.58. The van der Waals surface area contributed by atoms with Gasteiger partial charge in [-0.1, -0.05) is 48.0 Å². The van der Waals surface area contributed by atoms with Gasteiger partial charge in [-0.3, -0.25) is 9.52 Å². The van der Waals surface area contributed by atoms with Gasteiger partial charge in [0.25, 0.3) is 0 Å². The van der Waals surface area contributed by atoms with Crippen molar-refractivity contribution in [2.45, 2.75) is 12.5 Å². The summed E-state index contributed by atoms with van der Waals surface area (Å²) in [6.07, 6.45) is 2.86. The molecular weight excluding hydrogens is 426 g/mol. The summed E-state index contributed by atoms with van der Waals surface area (Å²) >= 11 is 6.41. The first-order valence-corrected chi connectivity index (χ1v) is 11.4. The average molecular weight is 444 g/mol. The number of para-hydroxylation sites is 1. The molecule has 0 aliphatic carbocycles. The van der Waals surface area contributed by atoms with Gasteiger partial charge in [0.05, 0.1) is 30.0 Å². The Morgan fingerprint density at radius 1 is 1.13 bits per heavy atom. The Morgan fingerprint density at radius 3 is 2.57 bits per heavy atom. The van der Waals surface area contributed by atoms with Crippen LogP contribution in [0.4, 0.5) is 5.69 Å². The van der Waals surface area contributed by atoms with Crippen molar-refractivity contribution in [1.82, 2.24) is 5.01 Å². The molecule has 154 valence electrons. The largest absolute Gasteiger partial charge is 0.459 e. The molecule has 2 aromatic carbocycles. The average Bonchev–Trinajstić information content (AvgIpc) is 3.37. The van der Waals surface area contributed by atoms with Crippen molar-refractivity contribution >= 4 is 38.9 Å². The van der Waals surface area contributed by atoms with E-state index in [1.807, 2.05) is 18.2 Å². The van der Waals surface area contributed by atoms with Gasteiger partial charge in [0, 0.05) is 17.0 Å². The van der Waals surface area contributed by atoms with E-state index in [1.165, 1.54) is 11.3 Å². The second kappa shape index (κ2) is 7.97. The first kappa shape index (κ1) is 20.2. The number of nitrogens with zero attached hydrogens (tertiary/aromatic N) is 2. The molecule has 0 fully saturated rings. The molecular formula is C21H18ClN3O4S. The van der Waals surface area contributed by atoms with Crippen LogP contribution >= 0.6 is 11.6 Å². The fraction of sp³-hybridized carbons (Fsp3) is 0.143. The van der Waals surface area contributed by atoms with Crippen molar-refractivity contribution in [3.63, 3.8) is 0 Å². The smallest absolute Gasteiger partial charge is 0.310 e. The van der Waals surface area contributed by atoms with E-state index >= 15 is 0 Å². The lowest BCUT2D eigenvalue weighted by molar-refractivity contribution is 0.0678. The van der Waals surface area contributed by atoms with Gasteiger partial charge in [0.1, 0.15) is 0 Å². The molecule has 0 radical (unpaired) electrons. The first-order valence-electron chi connectivity index (χ1n) is 9.09. The molecule has 0 spiro atoms. The lowest BCUT2D eigenvalue weighted by Crippen LogP contribution is -2.26. The third kappa shape index (κ3) is 4.10. The van der Waals surface area contributed by atoms with Crippen molar-refractivity contribution in [3.05, 3.63) is 88.8 Å². The maximum absolute atomic E-state index is 13.1. The van der Waals surface area contributed by atoms with Gasteiger partial charge in [-0.15, -0.1) is 0 Å². The van der Waals surface area contributed by atoms with Crippen LogP contribution in [0, 0.1) is 0 Å². The predicted octanol–water partition coefficient (Wildman–Crippen LogP) is 4.30. The third-order valence-electron chi connectivity index (χ3n) is 4.65. The number of amides is 1. The SMILES string of the molecule is CS(=O)(=O)Nc1ccccc1C1=NN(C(=O)c2ccco2)[C@@H](c2ccccc2Cl)C1. The van der Waals surface area contributed by atoms with Gasteiger partial charge in [0.2, 0.25) is 10.0 Å². The number of hydrazone groups is 1. The number of halogens is 1. The Kier molecular flexibility index (Phi) is 5.36. The highest BCUT2D eigenvalue weighted by molar-refractivity contribution is 7.92. The molecule has 7 nitrogen and oxygen atoms in total. The van der Waals surface area contributed by atoms with E-state index in [-0.39, 0.29) is 5.76 Å². The minimum Gasteiger partial charge on any atom is -0.459 e. The zero-order chi connectivity index (χ0) is 21.3. The summed E-state index contributed by atoms with van der Waals surface area (Å²) in [5.41, 5.74) is 2.29. The molecule has 9 heteroatoms. The topological polar surface area (TPSA) is 92.0 Å². The number of nitrogens with one attached hydrogen (secondary N) is 1. The Labute approximate surface area is 179 Å². The van der Waals surface area contributed by atoms with Crippen LogP contribution in [0.25, 0.3) is 0 Å². The number of rotatable bonds is 5. The molecule has 4 rings (SSSR count). The van der Waals surface area contributed by atoms with E-state index < -0.39 is 22.0 Å². The van der Waals surface area contributed by atoms with Gasteiger partial charge >= 0.3 is 5.91 Å². The molecule has 30 heavy (non-hydrogen) atoms. The summed E-state index contributed by atoms with van der Waals surface area (Å²) < 4.78 is 31.3. The molecule has 1 atom stereocenters. The number of sulfonamides is 1. The molecule has 0 saturated heterocycles. The van der Waals surface area contributed by atoms with Crippen molar-refractivity contribution in [2.24, 2.45) is 5.10 Å². The first-order chi connectivity index (χ1) is 14.3. The lowest BCUT2D eigenvalue weighted by atomic mass is 9.97. The van der Waals surface area contributed by atoms with Crippen molar-refractivity contribution in [3.8, 4) is 0 Å². The zero-order valence-corrected chi connectivity index (χ0v) is 17.5. The highest BCUT2D eigenvalue weighted by Gasteiger charge is 2.36. The van der Waals surface area contributed by atoms with E-state index in [0.717, 1.165) is 11.8 Å². The molecule has 0 unspecified atom stereocenters. The van der Waals surface area contributed by atoms with E-state index in [9.17, 15) is 13.2 Å². The van der Waals surface area contributed by atoms with E-state index in [4.69, 9.17) is 16.0 Å². The van der Waals surface area contributed by atoms with Gasteiger partial charge < -0.3 is 4.42 Å².